The summed E-state index contributed by atoms with van der Waals surface area (Å²) in [5.41, 5.74) is 0. The molecular formula is C9H19LiO. The topological polar surface area (TPSA) is 17.1 Å². The van der Waals surface area contributed by atoms with Gasteiger partial charge in [-0.25, -0.2) is 0 Å². The number of aldehydes is 1. The van der Waals surface area contributed by atoms with Gasteiger partial charge in [0.25, 0.3) is 0 Å². The fourth-order valence-corrected chi connectivity index (χ4v) is 0.287. The van der Waals surface area contributed by atoms with Crippen LogP contribution in [0.25, 0.3) is 0 Å². The van der Waals surface area contributed by atoms with Gasteiger partial charge >= 0.3 is 42.6 Å². The van der Waals surface area contributed by atoms with E-state index in [2.05, 4.69) is 45.4 Å². The molecule has 0 unspecified atom stereocenters. The Labute approximate surface area is 80.1 Å². The van der Waals surface area contributed by atoms with E-state index in [4.69, 9.17) is 0 Å². The zero-order valence-electron chi connectivity index (χ0n) is 8.61. The first-order chi connectivity index (χ1) is 4.91. The fraction of sp³-hybridized carbons (Fsp3) is 0.889. The van der Waals surface area contributed by atoms with Crippen molar-refractivity contribution in [3.8, 4) is 0 Å². The zero-order valence-corrected chi connectivity index (χ0v) is 8.61. The van der Waals surface area contributed by atoms with Gasteiger partial charge in [0, 0.05) is 6.42 Å². The van der Waals surface area contributed by atoms with Crippen LogP contribution < -0.4 is 0 Å². The summed E-state index contributed by atoms with van der Waals surface area (Å²) in [4.78, 5) is 9.56. The molecule has 0 heterocycles. The first-order valence-corrected chi connectivity index (χ1v) is 4.35. The summed E-state index contributed by atoms with van der Waals surface area (Å²) in [6, 6.07) is 0. The Hall–Kier alpha value is 0.267. The molecule has 0 aliphatic carbocycles. The quantitative estimate of drug-likeness (QED) is 0.343. The Morgan fingerprint density at radius 3 is 1.82 bits per heavy atom. The van der Waals surface area contributed by atoms with Crippen molar-refractivity contribution < 1.29 is 4.79 Å². The van der Waals surface area contributed by atoms with Gasteiger partial charge in [0.1, 0.15) is 6.29 Å². The molecule has 0 saturated carbocycles. The Bertz CT molecular complexity index is 78.1. The third-order valence-electron chi connectivity index (χ3n) is 0.676. The molecule has 0 fully saturated rings. The van der Waals surface area contributed by atoms with Crippen LogP contribution >= 0.6 is 0 Å². The number of hydrogen-bond acceptors (Lipinski definition) is 1. The van der Waals surface area contributed by atoms with E-state index >= 15 is 0 Å². The first-order valence-electron chi connectivity index (χ1n) is 4.35. The number of hydrogen-bond donors (Lipinski definition) is 0. The Morgan fingerprint density at radius 2 is 1.73 bits per heavy atom. The average molecular weight is 150 g/mol. The van der Waals surface area contributed by atoms with Gasteiger partial charge in [0.05, 0.1) is 0 Å². The molecule has 11 heavy (non-hydrogen) atoms. The van der Waals surface area contributed by atoms with Gasteiger partial charge in [-0.2, -0.15) is 0 Å². The molecule has 0 radical (unpaired) electrons. The van der Waals surface area contributed by atoms with Crippen molar-refractivity contribution in [1.82, 2.24) is 0 Å². The Kier molecular flexibility index (Phi) is 10.5. The van der Waals surface area contributed by atoms with Crippen molar-refractivity contribution in [2.75, 3.05) is 0 Å². The molecule has 62 valence electrons. The predicted molar refractivity (Wildman–Crippen MR) is 51.1 cm³/mol. The molecule has 0 amide bonds. The van der Waals surface area contributed by atoms with Gasteiger partial charge in [0.15, 0.2) is 0 Å². The second kappa shape index (κ2) is 8.36. The summed E-state index contributed by atoms with van der Waals surface area (Å²) < 4.78 is 0.500. The maximum absolute atomic E-state index is 9.56. The summed E-state index contributed by atoms with van der Waals surface area (Å²) in [5, 5.41) is 0. The Morgan fingerprint density at radius 1 is 1.36 bits per heavy atom. The predicted octanol–water partition coefficient (Wildman–Crippen LogP) is 2.75. The monoisotopic (exact) mass is 150 g/mol. The number of rotatable bonds is 3. The second-order valence-corrected chi connectivity index (χ2v) is 4.31. The van der Waals surface area contributed by atoms with Gasteiger partial charge in [-0.15, -0.1) is 0 Å². The summed E-state index contributed by atoms with van der Waals surface area (Å²) in [7, 11) is 0. The molecule has 0 rings (SSSR count). The van der Waals surface area contributed by atoms with Crippen LogP contribution in [0.3, 0.4) is 0 Å². The second-order valence-electron chi connectivity index (χ2n) is 4.31. The summed E-state index contributed by atoms with van der Waals surface area (Å²) in [5.74, 6) is 0. The van der Waals surface area contributed by atoms with Gasteiger partial charge in [-0.1, -0.05) is 13.3 Å². The van der Waals surface area contributed by atoms with Crippen LogP contribution in [0.5, 0.6) is 0 Å². The molecule has 0 aromatic rings. The zero-order chi connectivity index (χ0) is 9.33. The molecule has 0 saturated heterocycles. The van der Waals surface area contributed by atoms with Crippen LogP contribution in [0, 0.1) is 0 Å². The average Bonchev–Trinajstić information content (AvgIpc) is 1.79. The van der Waals surface area contributed by atoms with Crippen LogP contribution in [-0.4, -0.2) is 24.0 Å². The standard InChI is InChI=1S/C5H10O.C4H9.Li/c1-2-3-4-5-6;1-4(2)3;/h5H,2-4H2,1H3;1-3H3;. The van der Waals surface area contributed by atoms with Crippen molar-refractivity contribution in [1.29, 1.82) is 0 Å². The third-order valence-corrected chi connectivity index (χ3v) is 0.676. The van der Waals surface area contributed by atoms with Gasteiger partial charge < -0.3 is 4.79 Å². The van der Waals surface area contributed by atoms with Crippen LogP contribution in [0.4, 0.5) is 0 Å². The normalized spacial score (nSPS) is 10.0. The minimum absolute atomic E-state index is 0.500. The van der Waals surface area contributed by atoms with Gasteiger partial charge in [-0.05, 0) is 6.42 Å². The Balaban J connectivity index is 0. The number of unbranched alkanes of at least 4 members (excludes halogenated alkanes) is 2. The summed E-state index contributed by atoms with van der Waals surface area (Å²) in [6.07, 6.45) is 3.86. The van der Waals surface area contributed by atoms with E-state index < -0.39 is 0 Å². The van der Waals surface area contributed by atoms with E-state index in [-0.39, 0.29) is 0 Å². The molecule has 0 spiro atoms. The number of carbonyl (C=O) groups excluding carboxylic acids is 1. The molecule has 0 bridgehead atoms. The van der Waals surface area contributed by atoms with E-state index in [9.17, 15) is 4.79 Å². The summed E-state index contributed by atoms with van der Waals surface area (Å²) in [6.45, 7) is 8.64. The van der Waals surface area contributed by atoms with Crippen molar-refractivity contribution in [3.63, 3.8) is 0 Å². The van der Waals surface area contributed by atoms with E-state index in [0.717, 1.165) is 25.5 Å². The molecule has 0 aliphatic rings. The van der Waals surface area contributed by atoms with E-state index in [1.54, 1.807) is 0 Å². The molecule has 2 heteroatoms. The van der Waals surface area contributed by atoms with Crippen molar-refractivity contribution >= 4 is 24.0 Å². The van der Waals surface area contributed by atoms with E-state index in [1.807, 2.05) is 0 Å². The van der Waals surface area contributed by atoms with Crippen LogP contribution in [-0.2, 0) is 4.79 Å². The molecule has 0 atom stereocenters. The molecule has 1 nitrogen and oxygen atoms in total. The van der Waals surface area contributed by atoms with Gasteiger partial charge in [-0.3, -0.25) is 0 Å². The first kappa shape index (κ1) is 13.8. The minimum atomic E-state index is 0.500. The van der Waals surface area contributed by atoms with Crippen molar-refractivity contribution in [2.45, 2.75) is 51.0 Å². The SMILES string of the molecule is CCCCC=O.[Li][C](C)(C)C. The van der Waals surface area contributed by atoms with Crippen molar-refractivity contribution in [3.05, 3.63) is 0 Å². The van der Waals surface area contributed by atoms with Crippen molar-refractivity contribution in [2.24, 2.45) is 0 Å². The number of carbonyl (C=O) groups is 1. The molecule has 0 aliphatic heterocycles. The molecule has 0 aromatic carbocycles. The van der Waals surface area contributed by atoms with E-state index in [0.29, 0.717) is 4.09 Å². The maximum atomic E-state index is 9.56. The van der Waals surface area contributed by atoms with Crippen LogP contribution in [0.15, 0.2) is 0 Å². The molecule has 0 N–H and O–H groups in total. The molecular weight excluding hydrogens is 131 g/mol. The molecule has 0 aromatic heterocycles. The van der Waals surface area contributed by atoms with Crippen LogP contribution in [0.2, 0.25) is 4.09 Å². The van der Waals surface area contributed by atoms with Gasteiger partial charge in [0.2, 0.25) is 0 Å². The van der Waals surface area contributed by atoms with Crippen LogP contribution in [0.1, 0.15) is 47.0 Å². The van der Waals surface area contributed by atoms with E-state index in [1.165, 1.54) is 0 Å². The summed E-state index contributed by atoms with van der Waals surface area (Å²) >= 11 is 2.19. The third kappa shape index (κ3) is 65.7. The fourth-order valence-electron chi connectivity index (χ4n) is 0.287.